The smallest absolute Gasteiger partial charge is 0.251 e. The molecule has 5 nitrogen and oxygen atoms in total. The molecule has 1 atom stereocenters. The summed E-state index contributed by atoms with van der Waals surface area (Å²) in [5.74, 6) is 0.931. The summed E-state index contributed by atoms with van der Waals surface area (Å²) in [5.41, 5.74) is 1.38. The zero-order chi connectivity index (χ0) is 16.9. The van der Waals surface area contributed by atoms with Gasteiger partial charge in [-0.3, -0.25) is 9.59 Å². The van der Waals surface area contributed by atoms with Crippen LogP contribution in [0, 0.1) is 0 Å². The third kappa shape index (κ3) is 3.85. The monoisotopic (exact) mass is 326 g/mol. The number of rotatable bonds is 6. The third-order valence-corrected chi connectivity index (χ3v) is 4.27. The molecule has 1 aliphatic heterocycles. The van der Waals surface area contributed by atoms with E-state index in [0.717, 1.165) is 37.3 Å². The second-order valence-corrected chi connectivity index (χ2v) is 6.19. The molecule has 1 aromatic heterocycles. The number of amides is 2. The van der Waals surface area contributed by atoms with Crippen LogP contribution >= 0.6 is 0 Å². The lowest BCUT2D eigenvalue weighted by Crippen LogP contribution is -2.33. The van der Waals surface area contributed by atoms with Crippen molar-refractivity contribution in [2.75, 3.05) is 11.4 Å². The number of nitrogens with one attached hydrogen (secondary N) is 1. The zero-order valence-electron chi connectivity index (χ0n) is 13.8. The Hall–Kier alpha value is -2.56. The average molecular weight is 326 g/mol. The van der Waals surface area contributed by atoms with E-state index in [9.17, 15) is 9.59 Å². The van der Waals surface area contributed by atoms with E-state index in [0.29, 0.717) is 12.0 Å². The van der Waals surface area contributed by atoms with E-state index >= 15 is 0 Å². The summed E-state index contributed by atoms with van der Waals surface area (Å²) in [6, 6.07) is 11.1. The Kier molecular flexibility index (Phi) is 4.99. The molecule has 1 saturated heterocycles. The van der Waals surface area contributed by atoms with Crippen LogP contribution in [0.5, 0.6) is 0 Å². The van der Waals surface area contributed by atoms with Crippen molar-refractivity contribution in [3.05, 3.63) is 54.0 Å². The molecule has 0 saturated carbocycles. The standard InChI is InChI=1S/C19H22N2O3/c1-14(9-10-17-7-4-12-24-17)20-19(23)15-5-2-6-16(13-15)21-11-3-8-18(21)22/h2,4-7,12-14H,3,8-11H2,1H3,(H,20,23)/t14-/m1/s1. The Morgan fingerprint density at radius 3 is 2.92 bits per heavy atom. The maximum Gasteiger partial charge on any atom is 0.251 e. The van der Waals surface area contributed by atoms with Crippen molar-refractivity contribution in [3.8, 4) is 0 Å². The third-order valence-electron chi connectivity index (χ3n) is 4.27. The van der Waals surface area contributed by atoms with Crippen molar-refractivity contribution in [1.82, 2.24) is 5.32 Å². The van der Waals surface area contributed by atoms with Crippen LogP contribution in [0.2, 0.25) is 0 Å². The molecular weight excluding hydrogens is 304 g/mol. The van der Waals surface area contributed by atoms with Crippen molar-refractivity contribution in [3.63, 3.8) is 0 Å². The zero-order valence-corrected chi connectivity index (χ0v) is 13.8. The van der Waals surface area contributed by atoms with Crippen LogP contribution in [-0.2, 0) is 11.2 Å². The second-order valence-electron chi connectivity index (χ2n) is 6.19. The van der Waals surface area contributed by atoms with Gasteiger partial charge in [-0.25, -0.2) is 0 Å². The Bertz CT molecular complexity index is 709. The summed E-state index contributed by atoms with van der Waals surface area (Å²) in [6.07, 6.45) is 4.71. The lowest BCUT2D eigenvalue weighted by atomic mass is 10.1. The fraction of sp³-hybridized carbons (Fsp3) is 0.368. The lowest BCUT2D eigenvalue weighted by molar-refractivity contribution is -0.117. The molecule has 1 N–H and O–H groups in total. The number of furan rings is 1. The predicted octanol–water partition coefficient (Wildman–Crippen LogP) is 3.16. The molecule has 2 amide bonds. The number of carbonyl (C=O) groups excluding carboxylic acids is 2. The summed E-state index contributed by atoms with van der Waals surface area (Å²) < 4.78 is 5.31. The first-order valence-corrected chi connectivity index (χ1v) is 8.37. The lowest BCUT2D eigenvalue weighted by Gasteiger charge is -2.17. The number of benzene rings is 1. The first-order chi connectivity index (χ1) is 11.6. The van der Waals surface area contributed by atoms with Crippen LogP contribution < -0.4 is 10.2 Å². The van der Waals surface area contributed by atoms with Gasteiger partial charge >= 0.3 is 0 Å². The molecule has 1 aliphatic rings. The van der Waals surface area contributed by atoms with Gasteiger partial charge in [0.15, 0.2) is 0 Å². The summed E-state index contributed by atoms with van der Waals surface area (Å²) >= 11 is 0. The van der Waals surface area contributed by atoms with Crippen molar-refractivity contribution in [2.45, 2.75) is 38.6 Å². The van der Waals surface area contributed by atoms with Gasteiger partial charge in [-0.2, -0.15) is 0 Å². The van der Waals surface area contributed by atoms with Crippen molar-refractivity contribution >= 4 is 17.5 Å². The Morgan fingerprint density at radius 2 is 2.21 bits per heavy atom. The first-order valence-electron chi connectivity index (χ1n) is 8.37. The van der Waals surface area contributed by atoms with Gasteiger partial charge in [-0.1, -0.05) is 6.07 Å². The normalized spacial score (nSPS) is 15.5. The minimum atomic E-state index is -0.115. The van der Waals surface area contributed by atoms with Crippen molar-refractivity contribution in [1.29, 1.82) is 0 Å². The maximum atomic E-state index is 12.4. The molecule has 126 valence electrons. The molecule has 2 aromatic rings. The van der Waals surface area contributed by atoms with E-state index in [4.69, 9.17) is 4.42 Å². The summed E-state index contributed by atoms with van der Waals surface area (Å²) in [6.45, 7) is 2.71. The van der Waals surface area contributed by atoms with Gasteiger partial charge < -0.3 is 14.6 Å². The molecular formula is C19H22N2O3. The fourth-order valence-electron chi connectivity index (χ4n) is 2.93. The molecule has 0 radical (unpaired) electrons. The van der Waals surface area contributed by atoms with Crippen molar-refractivity contribution < 1.29 is 14.0 Å². The molecule has 0 unspecified atom stereocenters. The number of carbonyl (C=O) groups is 2. The number of hydrogen-bond acceptors (Lipinski definition) is 3. The van der Waals surface area contributed by atoms with Gasteiger partial charge in [0, 0.05) is 36.7 Å². The molecule has 24 heavy (non-hydrogen) atoms. The molecule has 0 aliphatic carbocycles. The van der Waals surface area contributed by atoms with Gasteiger partial charge in [0.05, 0.1) is 6.26 Å². The maximum absolute atomic E-state index is 12.4. The molecule has 0 spiro atoms. The summed E-state index contributed by atoms with van der Waals surface area (Å²) in [5, 5.41) is 3.00. The van der Waals surface area contributed by atoms with Gasteiger partial charge in [-0.15, -0.1) is 0 Å². The highest BCUT2D eigenvalue weighted by atomic mass is 16.3. The average Bonchev–Trinajstić information content (AvgIpc) is 3.24. The van der Waals surface area contributed by atoms with Crippen LogP contribution in [0.3, 0.4) is 0 Å². The molecule has 0 bridgehead atoms. The predicted molar refractivity (Wildman–Crippen MR) is 92.0 cm³/mol. The van der Waals surface area contributed by atoms with Crippen LogP contribution in [-0.4, -0.2) is 24.4 Å². The minimum Gasteiger partial charge on any atom is -0.469 e. The highest BCUT2D eigenvalue weighted by Crippen LogP contribution is 2.22. The van der Waals surface area contributed by atoms with Crippen LogP contribution in [0.1, 0.15) is 42.3 Å². The molecule has 1 fully saturated rings. The topological polar surface area (TPSA) is 62.6 Å². The summed E-state index contributed by atoms with van der Waals surface area (Å²) in [7, 11) is 0. The number of hydrogen-bond donors (Lipinski definition) is 1. The first kappa shape index (κ1) is 16.3. The van der Waals surface area contributed by atoms with Gasteiger partial charge in [0.2, 0.25) is 5.91 Å². The Morgan fingerprint density at radius 1 is 1.33 bits per heavy atom. The van der Waals surface area contributed by atoms with Crippen LogP contribution in [0.15, 0.2) is 47.1 Å². The molecule has 2 heterocycles. The minimum absolute atomic E-state index is 0.0414. The largest absolute Gasteiger partial charge is 0.469 e. The number of nitrogens with zero attached hydrogens (tertiary/aromatic N) is 1. The van der Waals surface area contributed by atoms with Crippen LogP contribution in [0.25, 0.3) is 0 Å². The summed E-state index contributed by atoms with van der Waals surface area (Å²) in [4.78, 5) is 26.0. The SMILES string of the molecule is C[C@H](CCc1ccco1)NC(=O)c1cccc(N2CCCC2=O)c1. The second kappa shape index (κ2) is 7.34. The quantitative estimate of drug-likeness (QED) is 0.887. The van der Waals surface area contributed by atoms with Crippen molar-refractivity contribution in [2.24, 2.45) is 0 Å². The molecule has 5 heteroatoms. The molecule has 1 aromatic carbocycles. The molecule has 3 rings (SSSR count). The van der Waals surface area contributed by atoms with E-state index < -0.39 is 0 Å². The highest BCUT2D eigenvalue weighted by Gasteiger charge is 2.22. The van der Waals surface area contributed by atoms with Gasteiger partial charge in [0.25, 0.3) is 5.91 Å². The van der Waals surface area contributed by atoms with Crippen LogP contribution in [0.4, 0.5) is 5.69 Å². The van der Waals surface area contributed by atoms with E-state index in [2.05, 4.69) is 5.32 Å². The highest BCUT2D eigenvalue weighted by molar-refractivity contribution is 5.99. The van der Waals surface area contributed by atoms with E-state index in [1.165, 1.54) is 0 Å². The Labute approximate surface area is 141 Å². The van der Waals surface area contributed by atoms with E-state index in [1.54, 1.807) is 23.3 Å². The van der Waals surface area contributed by atoms with Gasteiger partial charge in [0.1, 0.15) is 5.76 Å². The number of anilines is 1. The Balaban J connectivity index is 1.59. The van der Waals surface area contributed by atoms with E-state index in [-0.39, 0.29) is 17.9 Å². The van der Waals surface area contributed by atoms with E-state index in [1.807, 2.05) is 31.2 Å². The fourth-order valence-corrected chi connectivity index (χ4v) is 2.93. The number of aryl methyl sites for hydroxylation is 1. The van der Waals surface area contributed by atoms with Gasteiger partial charge in [-0.05, 0) is 50.1 Å².